The van der Waals surface area contributed by atoms with Crippen LogP contribution in [0.1, 0.15) is 43.4 Å². The van der Waals surface area contributed by atoms with Crippen molar-refractivity contribution in [3.05, 3.63) is 186 Å². The van der Waals surface area contributed by atoms with Crippen LogP contribution < -0.4 is 0 Å². The third-order valence-corrected chi connectivity index (χ3v) is 11.6. The molecule has 0 bridgehead atoms. The van der Waals surface area contributed by atoms with Gasteiger partial charge in [-0.2, -0.15) is 0 Å². The first-order chi connectivity index (χ1) is 26.0. The van der Waals surface area contributed by atoms with Gasteiger partial charge in [-0.25, -0.2) is 15.0 Å². The predicted octanol–water partition coefficient (Wildman–Crippen LogP) is 12.4. The molecule has 6 aromatic carbocycles. The average Bonchev–Trinajstić information content (AvgIpc) is 3.45. The molecule has 3 heteroatoms. The molecule has 7 aromatic rings. The van der Waals surface area contributed by atoms with E-state index in [1.807, 2.05) is 60.7 Å². The molecule has 0 amide bonds. The van der Waals surface area contributed by atoms with E-state index >= 15 is 0 Å². The number of allylic oxidation sites excluding steroid dienone is 6. The van der Waals surface area contributed by atoms with Crippen LogP contribution in [0.5, 0.6) is 0 Å². The van der Waals surface area contributed by atoms with Crippen molar-refractivity contribution in [2.45, 2.75) is 32.1 Å². The largest absolute Gasteiger partial charge is 0.208 e. The fourth-order valence-electron chi connectivity index (χ4n) is 8.82. The molecule has 0 aliphatic heterocycles. The number of rotatable bonds is 5. The Labute approximate surface area is 311 Å². The summed E-state index contributed by atoms with van der Waals surface area (Å²) in [6.07, 6.45) is 9.85. The van der Waals surface area contributed by atoms with Gasteiger partial charge in [-0.1, -0.05) is 166 Å². The van der Waals surface area contributed by atoms with E-state index < -0.39 is 0 Å². The summed E-state index contributed by atoms with van der Waals surface area (Å²) in [5.74, 6) is 2.91. The molecule has 10 rings (SSSR count). The number of hydrogen-bond acceptors (Lipinski definition) is 3. The number of aromatic nitrogens is 3. The first-order valence-electron chi connectivity index (χ1n) is 18.8. The molecule has 2 unspecified atom stereocenters. The van der Waals surface area contributed by atoms with Gasteiger partial charge in [-0.15, -0.1) is 0 Å². The van der Waals surface area contributed by atoms with Crippen LogP contribution in [-0.4, -0.2) is 15.0 Å². The van der Waals surface area contributed by atoms with Gasteiger partial charge in [-0.3, -0.25) is 0 Å². The molecule has 0 radical (unpaired) electrons. The van der Waals surface area contributed by atoms with Crippen LogP contribution in [0.2, 0.25) is 0 Å². The molecule has 0 saturated carbocycles. The highest BCUT2D eigenvalue weighted by molar-refractivity contribution is 6.07. The zero-order valence-electron chi connectivity index (χ0n) is 30.0. The number of benzene rings is 6. The second-order valence-corrected chi connectivity index (χ2v) is 15.1. The van der Waals surface area contributed by atoms with E-state index in [1.54, 1.807) is 0 Å². The van der Waals surface area contributed by atoms with Crippen LogP contribution in [0, 0.1) is 11.8 Å². The van der Waals surface area contributed by atoms with Gasteiger partial charge in [0.25, 0.3) is 0 Å². The molecule has 3 aliphatic rings. The monoisotopic (exact) mass is 681 g/mol. The van der Waals surface area contributed by atoms with Crippen molar-refractivity contribution in [1.29, 1.82) is 0 Å². The molecule has 254 valence electrons. The van der Waals surface area contributed by atoms with E-state index in [9.17, 15) is 0 Å². The quantitative estimate of drug-likeness (QED) is 0.170. The van der Waals surface area contributed by atoms with E-state index in [1.165, 1.54) is 61.7 Å². The summed E-state index contributed by atoms with van der Waals surface area (Å²) in [5, 5.41) is 2.59. The summed E-state index contributed by atoms with van der Waals surface area (Å²) in [6.45, 7) is 4.84. The standard InChI is InChI=1S/C50H39N3/c1-50(2)43-30-38(33-21-24-36(25-22-33)49-52-47(34-14-5-3-6-15-34)51-48(53-49)35-16-7-4-8-17-35)27-28-42(43)46-44(50)31-39-19-11-12-20-41(39)45(46)40-26-23-32-13-9-10-18-37(32)29-40/h3-10,12-18,20-31,39,41H,11,19H2,1-2H3. The van der Waals surface area contributed by atoms with Gasteiger partial charge in [0.1, 0.15) is 0 Å². The summed E-state index contributed by atoms with van der Waals surface area (Å²) in [6, 6.07) is 51.9. The Bertz CT molecular complexity index is 2570. The Hall–Kier alpha value is -6.19. The lowest BCUT2D eigenvalue weighted by molar-refractivity contribution is 0.493. The maximum absolute atomic E-state index is 4.95. The summed E-state index contributed by atoms with van der Waals surface area (Å²) in [7, 11) is 0. The van der Waals surface area contributed by atoms with E-state index in [-0.39, 0.29) is 5.41 Å². The second kappa shape index (κ2) is 12.5. The molecular weight excluding hydrogens is 643 g/mol. The number of fused-ring (bicyclic) bond motifs is 5. The molecule has 3 aliphatic carbocycles. The van der Waals surface area contributed by atoms with E-state index in [0.29, 0.717) is 29.3 Å². The van der Waals surface area contributed by atoms with Crippen molar-refractivity contribution in [2.75, 3.05) is 0 Å². The Kier molecular flexibility index (Phi) is 7.43. The maximum Gasteiger partial charge on any atom is 0.164 e. The molecule has 1 aromatic heterocycles. The fraction of sp³-hybridized carbons (Fsp3) is 0.140. The Morgan fingerprint density at radius 3 is 1.77 bits per heavy atom. The van der Waals surface area contributed by atoms with Crippen LogP contribution in [0.15, 0.2) is 169 Å². The lowest BCUT2D eigenvalue weighted by Crippen LogP contribution is -2.24. The van der Waals surface area contributed by atoms with Gasteiger partial charge < -0.3 is 0 Å². The summed E-state index contributed by atoms with van der Waals surface area (Å²) in [4.78, 5) is 14.8. The summed E-state index contributed by atoms with van der Waals surface area (Å²) >= 11 is 0. The Balaban J connectivity index is 1.06. The van der Waals surface area contributed by atoms with Gasteiger partial charge in [-0.05, 0) is 86.2 Å². The van der Waals surface area contributed by atoms with Crippen molar-refractivity contribution in [3.8, 4) is 45.3 Å². The minimum atomic E-state index is -0.110. The minimum Gasteiger partial charge on any atom is -0.208 e. The Morgan fingerprint density at radius 2 is 1.09 bits per heavy atom. The SMILES string of the molecule is CC1(C)C2=CC3CCC=CC3C(c3ccc4ccccc4c3)=C2c2ccc(-c3ccc(-c4nc(-c5ccccc5)nc(-c5ccccc5)n4)cc3)cc21. The van der Waals surface area contributed by atoms with Gasteiger partial charge in [0.15, 0.2) is 17.5 Å². The van der Waals surface area contributed by atoms with Crippen LogP contribution in [-0.2, 0) is 5.41 Å². The van der Waals surface area contributed by atoms with Crippen molar-refractivity contribution < 1.29 is 0 Å². The lowest BCUT2D eigenvalue weighted by Gasteiger charge is -2.36. The van der Waals surface area contributed by atoms with Crippen molar-refractivity contribution in [3.63, 3.8) is 0 Å². The van der Waals surface area contributed by atoms with Gasteiger partial charge in [0, 0.05) is 28.0 Å². The molecule has 0 spiro atoms. The number of nitrogens with zero attached hydrogens (tertiary/aromatic N) is 3. The third-order valence-electron chi connectivity index (χ3n) is 11.6. The second-order valence-electron chi connectivity index (χ2n) is 15.1. The number of hydrogen-bond donors (Lipinski definition) is 0. The van der Waals surface area contributed by atoms with Crippen LogP contribution in [0.25, 0.3) is 67.2 Å². The lowest BCUT2D eigenvalue weighted by atomic mass is 9.67. The predicted molar refractivity (Wildman–Crippen MR) is 219 cm³/mol. The van der Waals surface area contributed by atoms with Crippen LogP contribution in [0.4, 0.5) is 0 Å². The first-order valence-corrected chi connectivity index (χ1v) is 18.8. The molecule has 1 heterocycles. The van der Waals surface area contributed by atoms with Crippen molar-refractivity contribution >= 4 is 21.9 Å². The summed E-state index contributed by atoms with van der Waals surface area (Å²) in [5.41, 5.74) is 13.7. The molecule has 2 atom stereocenters. The highest BCUT2D eigenvalue weighted by Crippen LogP contribution is 2.59. The molecule has 3 nitrogen and oxygen atoms in total. The fourth-order valence-corrected chi connectivity index (χ4v) is 8.82. The molecular formula is C50H39N3. The third kappa shape index (κ3) is 5.38. The maximum atomic E-state index is 4.95. The van der Waals surface area contributed by atoms with Gasteiger partial charge in [0.2, 0.25) is 0 Å². The van der Waals surface area contributed by atoms with E-state index in [0.717, 1.165) is 23.1 Å². The highest BCUT2D eigenvalue weighted by atomic mass is 15.0. The zero-order chi connectivity index (χ0) is 35.5. The Morgan fingerprint density at radius 1 is 0.528 bits per heavy atom. The van der Waals surface area contributed by atoms with Crippen molar-refractivity contribution in [2.24, 2.45) is 11.8 Å². The smallest absolute Gasteiger partial charge is 0.164 e. The molecule has 53 heavy (non-hydrogen) atoms. The minimum absolute atomic E-state index is 0.110. The van der Waals surface area contributed by atoms with E-state index in [2.05, 4.69) is 117 Å². The highest BCUT2D eigenvalue weighted by Gasteiger charge is 2.44. The summed E-state index contributed by atoms with van der Waals surface area (Å²) < 4.78 is 0. The average molecular weight is 682 g/mol. The normalized spacial score (nSPS) is 18.3. The van der Waals surface area contributed by atoms with Crippen molar-refractivity contribution in [1.82, 2.24) is 15.0 Å². The zero-order valence-corrected chi connectivity index (χ0v) is 30.0. The van der Waals surface area contributed by atoms with Gasteiger partial charge in [0.05, 0.1) is 0 Å². The van der Waals surface area contributed by atoms with E-state index in [4.69, 9.17) is 15.0 Å². The van der Waals surface area contributed by atoms with Gasteiger partial charge >= 0.3 is 0 Å². The molecule has 0 N–H and O–H groups in total. The van der Waals surface area contributed by atoms with Crippen LogP contribution in [0.3, 0.4) is 0 Å². The topological polar surface area (TPSA) is 38.7 Å². The molecule has 0 fully saturated rings. The molecule has 0 saturated heterocycles. The van der Waals surface area contributed by atoms with Crippen LogP contribution >= 0.6 is 0 Å². The first kappa shape index (κ1) is 31.5.